The Bertz CT molecular complexity index is 101. The molecule has 64 valence electrons. The Morgan fingerprint density at radius 2 is 1.91 bits per heavy atom. The fourth-order valence-corrected chi connectivity index (χ4v) is 3.39. The second-order valence-electron chi connectivity index (χ2n) is 4.27. The van der Waals surface area contributed by atoms with Crippen LogP contribution in [0.2, 0.25) is 6.32 Å². The van der Waals surface area contributed by atoms with E-state index in [2.05, 4.69) is 59.2 Å². The molecule has 0 N–H and O–H groups in total. The molecule has 0 spiro atoms. The Morgan fingerprint density at radius 1 is 1.45 bits per heavy atom. The number of rotatable bonds is 4. The highest BCUT2D eigenvalue weighted by molar-refractivity contribution is 14.1. The van der Waals surface area contributed by atoms with Crippen LogP contribution in [-0.4, -0.2) is 4.29 Å². The SMILES string of the molecule is C[C+](C)CC(C)(C)CB(P)I. The van der Waals surface area contributed by atoms with Crippen LogP contribution in [0.1, 0.15) is 34.1 Å². The molecular weight excluding hydrogens is 265 g/mol. The first-order chi connectivity index (χ1) is 4.83. The summed E-state index contributed by atoms with van der Waals surface area (Å²) in [6.45, 7) is 9.12. The van der Waals surface area contributed by atoms with E-state index >= 15 is 0 Å². The fraction of sp³-hybridized carbons (Fsp3) is 0.875. The van der Waals surface area contributed by atoms with Gasteiger partial charge in [-0.25, -0.2) is 0 Å². The summed E-state index contributed by atoms with van der Waals surface area (Å²) < 4.78 is 0.710. The van der Waals surface area contributed by atoms with E-state index in [1.807, 2.05) is 0 Å². The average molecular weight is 283 g/mol. The minimum absolute atomic E-state index is 0.479. The number of halogens is 1. The lowest BCUT2D eigenvalue weighted by molar-refractivity contribution is 0.388. The van der Waals surface area contributed by atoms with Gasteiger partial charge in [-0.15, -0.1) is 22.4 Å². The van der Waals surface area contributed by atoms with Crippen molar-refractivity contribution in [1.29, 1.82) is 0 Å². The first-order valence-electron chi connectivity index (χ1n) is 4.02. The Balaban J connectivity index is 3.79. The molecule has 0 bridgehead atoms. The third-order valence-corrected chi connectivity index (χ3v) is 2.26. The van der Waals surface area contributed by atoms with Gasteiger partial charge >= 0.3 is 0 Å². The summed E-state index contributed by atoms with van der Waals surface area (Å²) in [5.74, 6) is 1.54. The third-order valence-electron chi connectivity index (χ3n) is 1.58. The lowest BCUT2D eigenvalue weighted by atomic mass is 9.73. The molecule has 0 aliphatic carbocycles. The summed E-state index contributed by atoms with van der Waals surface area (Å²) in [5, 5.41) is 0. The van der Waals surface area contributed by atoms with Crippen LogP contribution in [0.3, 0.4) is 0 Å². The normalized spacial score (nSPS) is 11.5. The van der Waals surface area contributed by atoms with Gasteiger partial charge in [0.1, 0.15) is 0 Å². The molecule has 0 aliphatic heterocycles. The Kier molecular flexibility index (Phi) is 5.46. The highest BCUT2D eigenvalue weighted by Gasteiger charge is 2.27. The second-order valence-corrected chi connectivity index (χ2v) is 8.03. The zero-order chi connectivity index (χ0) is 9.07. The molecule has 0 rings (SSSR count). The van der Waals surface area contributed by atoms with Crippen molar-refractivity contribution in [2.75, 3.05) is 0 Å². The summed E-state index contributed by atoms with van der Waals surface area (Å²) in [6.07, 6.45) is 2.53. The van der Waals surface area contributed by atoms with Gasteiger partial charge in [-0.2, -0.15) is 9.12 Å². The second kappa shape index (κ2) is 4.96. The molecule has 0 nitrogen and oxygen atoms in total. The number of hydrogen-bond acceptors (Lipinski definition) is 0. The predicted molar refractivity (Wildman–Crippen MR) is 67.3 cm³/mol. The van der Waals surface area contributed by atoms with Gasteiger partial charge in [0, 0.05) is 0 Å². The van der Waals surface area contributed by atoms with Gasteiger partial charge < -0.3 is 0 Å². The van der Waals surface area contributed by atoms with E-state index in [-0.39, 0.29) is 0 Å². The minimum Gasteiger partial charge on any atom is -0.159 e. The van der Waals surface area contributed by atoms with Crippen molar-refractivity contribution in [2.24, 2.45) is 5.41 Å². The van der Waals surface area contributed by atoms with Gasteiger partial charge in [0.2, 0.25) is 4.29 Å². The monoisotopic (exact) mass is 283 g/mol. The Morgan fingerprint density at radius 3 is 2.18 bits per heavy atom. The van der Waals surface area contributed by atoms with Crippen LogP contribution in [0, 0.1) is 11.3 Å². The van der Waals surface area contributed by atoms with E-state index in [0.717, 1.165) is 0 Å². The topological polar surface area (TPSA) is 0 Å². The molecule has 0 amide bonds. The first kappa shape index (κ1) is 12.1. The maximum atomic E-state index is 2.86. The molecule has 1 unspecified atom stereocenters. The molecule has 0 aromatic carbocycles. The van der Waals surface area contributed by atoms with Crippen LogP contribution in [0.15, 0.2) is 0 Å². The van der Waals surface area contributed by atoms with Crippen molar-refractivity contribution < 1.29 is 0 Å². The van der Waals surface area contributed by atoms with Crippen LogP contribution in [0.25, 0.3) is 0 Å². The predicted octanol–water partition coefficient (Wildman–Crippen LogP) is 3.82. The highest BCUT2D eigenvalue weighted by atomic mass is 127. The summed E-state index contributed by atoms with van der Waals surface area (Å²) in [6, 6.07) is 0. The molecule has 0 saturated carbocycles. The van der Waals surface area contributed by atoms with E-state index in [9.17, 15) is 0 Å². The summed E-state index contributed by atoms with van der Waals surface area (Å²) in [5.41, 5.74) is 0.479. The minimum atomic E-state index is 0.479. The fourth-order valence-electron chi connectivity index (χ4n) is 1.56. The van der Waals surface area contributed by atoms with Gasteiger partial charge in [0.15, 0.2) is 0 Å². The van der Waals surface area contributed by atoms with Crippen molar-refractivity contribution in [3.05, 3.63) is 5.92 Å². The molecule has 0 aliphatic rings. The molecule has 0 fully saturated rings. The van der Waals surface area contributed by atoms with Crippen molar-refractivity contribution in [3.63, 3.8) is 0 Å². The van der Waals surface area contributed by atoms with Crippen LogP contribution in [0.5, 0.6) is 0 Å². The van der Waals surface area contributed by atoms with Crippen molar-refractivity contribution in [1.82, 2.24) is 0 Å². The van der Waals surface area contributed by atoms with Crippen LogP contribution in [0.4, 0.5) is 0 Å². The van der Waals surface area contributed by atoms with Crippen molar-refractivity contribution in [3.8, 4) is 0 Å². The number of hydrogen-bond donors (Lipinski definition) is 0. The van der Waals surface area contributed by atoms with E-state index in [4.69, 9.17) is 0 Å². The molecule has 0 aromatic heterocycles. The first-order valence-corrected chi connectivity index (χ1v) is 5.93. The van der Waals surface area contributed by atoms with Crippen LogP contribution < -0.4 is 0 Å². The van der Waals surface area contributed by atoms with Gasteiger partial charge in [0.25, 0.3) is 0 Å². The quantitative estimate of drug-likeness (QED) is 0.318. The van der Waals surface area contributed by atoms with E-state index in [0.29, 0.717) is 9.70 Å². The standard InChI is InChI=1S/C8H18BIP/c1-7(2)5-8(3,4)6-9(10)11/h5-6,11H2,1-4H3/q+1. The molecule has 0 heterocycles. The summed E-state index contributed by atoms with van der Waals surface area (Å²) in [7, 11) is 2.86. The molecule has 0 saturated heterocycles. The van der Waals surface area contributed by atoms with Crippen molar-refractivity contribution >= 4 is 35.8 Å². The summed E-state index contributed by atoms with van der Waals surface area (Å²) >= 11 is 2.47. The molecule has 11 heavy (non-hydrogen) atoms. The molecular formula is C8H18BIP+. The maximum Gasteiger partial charge on any atom is 0.240 e. The van der Waals surface area contributed by atoms with Crippen molar-refractivity contribution in [2.45, 2.75) is 40.4 Å². The average Bonchev–Trinajstić information content (AvgIpc) is 1.53. The largest absolute Gasteiger partial charge is 0.240 e. The smallest absolute Gasteiger partial charge is 0.159 e. The summed E-state index contributed by atoms with van der Waals surface area (Å²) in [4.78, 5) is 0. The molecule has 0 aromatic rings. The molecule has 0 radical (unpaired) electrons. The van der Waals surface area contributed by atoms with Gasteiger partial charge in [-0.1, -0.05) is 20.2 Å². The molecule has 3 heteroatoms. The lowest BCUT2D eigenvalue weighted by Gasteiger charge is -2.21. The lowest BCUT2D eigenvalue weighted by Crippen LogP contribution is -2.16. The van der Waals surface area contributed by atoms with E-state index in [1.54, 1.807) is 0 Å². The van der Waals surface area contributed by atoms with Crippen LogP contribution in [-0.2, 0) is 0 Å². The highest BCUT2D eigenvalue weighted by Crippen LogP contribution is 2.34. The Hall–Kier alpha value is 1.09. The van der Waals surface area contributed by atoms with Gasteiger partial charge in [0.05, 0.1) is 26.2 Å². The van der Waals surface area contributed by atoms with Gasteiger partial charge in [-0.3, -0.25) is 0 Å². The van der Waals surface area contributed by atoms with Crippen LogP contribution >= 0.6 is 31.5 Å². The zero-order valence-electron chi connectivity index (χ0n) is 7.95. The maximum absolute atomic E-state index is 2.86. The Labute approximate surface area is 87.4 Å². The van der Waals surface area contributed by atoms with E-state index < -0.39 is 0 Å². The van der Waals surface area contributed by atoms with Gasteiger partial charge in [-0.05, 0) is 5.41 Å². The zero-order valence-corrected chi connectivity index (χ0v) is 11.3. The molecule has 1 atom stereocenters. The third kappa shape index (κ3) is 7.46. The van der Waals surface area contributed by atoms with E-state index in [1.165, 1.54) is 18.7 Å².